The normalized spacial score (nSPS) is 14.3. The number of nitrogens with one attached hydrogen (secondary N) is 3. The van der Waals surface area contributed by atoms with Gasteiger partial charge in [0.05, 0.1) is 23.3 Å². The van der Waals surface area contributed by atoms with Crippen molar-refractivity contribution in [1.29, 1.82) is 0 Å². The third kappa shape index (κ3) is 2.79. The average Bonchev–Trinajstić information content (AvgIpc) is 3.59. The first kappa shape index (κ1) is 18.8. The topological polar surface area (TPSA) is 86.5 Å². The van der Waals surface area contributed by atoms with Crippen LogP contribution in [0.3, 0.4) is 0 Å². The summed E-state index contributed by atoms with van der Waals surface area (Å²) < 4.78 is 0. The Balaban J connectivity index is 1.34. The molecule has 3 N–H and O–H groups in total. The molecule has 7 rings (SSSR count). The van der Waals surface area contributed by atoms with Gasteiger partial charge in [-0.05, 0) is 51.9 Å². The maximum Gasteiger partial charge on any atom is 0.252 e. The van der Waals surface area contributed by atoms with Crippen molar-refractivity contribution < 1.29 is 4.79 Å². The fraction of sp³-hybridized carbons (Fsp3) is 0.0357. The first-order valence-electron chi connectivity index (χ1n) is 11.2. The van der Waals surface area contributed by atoms with Crippen LogP contribution in [0.25, 0.3) is 44.5 Å². The number of carbonyl (C=O) groups excluding carboxylic acids is 1. The van der Waals surface area contributed by atoms with Crippen molar-refractivity contribution in [3.05, 3.63) is 108 Å². The number of aromatic amines is 2. The second-order valence-electron chi connectivity index (χ2n) is 8.52. The van der Waals surface area contributed by atoms with Gasteiger partial charge in [0.15, 0.2) is 0 Å². The molecule has 1 amide bonds. The number of aromatic nitrogens is 4. The quantitative estimate of drug-likeness (QED) is 0.334. The number of pyridine rings is 1. The van der Waals surface area contributed by atoms with Gasteiger partial charge < -0.3 is 15.3 Å². The van der Waals surface area contributed by atoms with Gasteiger partial charge in [-0.15, -0.1) is 0 Å². The van der Waals surface area contributed by atoms with Gasteiger partial charge in [-0.3, -0.25) is 9.78 Å². The molecule has 3 heterocycles. The fourth-order valence-electron chi connectivity index (χ4n) is 5.00. The third-order valence-corrected chi connectivity index (χ3v) is 6.58. The molecular formula is C28H19N5O. The summed E-state index contributed by atoms with van der Waals surface area (Å²) in [7, 11) is 0. The summed E-state index contributed by atoms with van der Waals surface area (Å²) in [4.78, 5) is 28.9. The molecule has 0 bridgehead atoms. The van der Waals surface area contributed by atoms with Gasteiger partial charge in [-0.2, -0.15) is 0 Å². The highest BCUT2D eigenvalue weighted by molar-refractivity contribution is 6.00. The molecule has 6 heteroatoms. The molecule has 0 radical (unpaired) electrons. The number of amides is 1. The van der Waals surface area contributed by atoms with Crippen molar-refractivity contribution in [2.75, 3.05) is 0 Å². The molecule has 162 valence electrons. The van der Waals surface area contributed by atoms with Gasteiger partial charge in [-0.25, -0.2) is 4.98 Å². The van der Waals surface area contributed by atoms with Crippen LogP contribution in [0.1, 0.15) is 27.5 Å². The molecular weight excluding hydrogens is 422 g/mol. The van der Waals surface area contributed by atoms with Crippen LogP contribution in [0, 0.1) is 0 Å². The highest BCUT2D eigenvalue weighted by atomic mass is 16.1. The summed E-state index contributed by atoms with van der Waals surface area (Å²) in [5, 5.41) is 4.36. The number of fused-ring (bicyclic) bond motifs is 5. The molecule has 6 aromatic rings. The van der Waals surface area contributed by atoms with Gasteiger partial charge in [0.25, 0.3) is 5.91 Å². The molecule has 1 aliphatic rings. The molecule has 0 saturated heterocycles. The van der Waals surface area contributed by atoms with E-state index in [4.69, 9.17) is 4.98 Å². The van der Waals surface area contributed by atoms with Crippen LogP contribution in [0.15, 0.2) is 91.4 Å². The van der Waals surface area contributed by atoms with E-state index < -0.39 is 0 Å². The van der Waals surface area contributed by atoms with Crippen LogP contribution in [-0.4, -0.2) is 25.8 Å². The van der Waals surface area contributed by atoms with Crippen molar-refractivity contribution >= 4 is 27.8 Å². The summed E-state index contributed by atoms with van der Waals surface area (Å²) >= 11 is 0. The molecule has 34 heavy (non-hydrogen) atoms. The maximum atomic E-state index is 13.3. The highest BCUT2D eigenvalue weighted by Crippen LogP contribution is 2.47. The zero-order valence-corrected chi connectivity index (χ0v) is 18.0. The largest absolute Gasteiger partial charge is 0.361 e. The molecule has 0 aliphatic heterocycles. The Morgan fingerprint density at radius 2 is 1.76 bits per heavy atom. The average molecular weight is 441 g/mol. The third-order valence-electron chi connectivity index (χ3n) is 6.58. The second-order valence-corrected chi connectivity index (χ2v) is 8.52. The Bertz CT molecular complexity index is 1690. The van der Waals surface area contributed by atoms with E-state index in [-0.39, 0.29) is 11.9 Å². The highest BCUT2D eigenvalue weighted by Gasteiger charge is 2.32. The van der Waals surface area contributed by atoms with Gasteiger partial charge in [0.1, 0.15) is 5.82 Å². The fourth-order valence-corrected chi connectivity index (χ4v) is 5.00. The summed E-state index contributed by atoms with van der Waals surface area (Å²) in [6.45, 7) is 0. The molecule has 1 atom stereocenters. The molecule has 0 saturated carbocycles. The van der Waals surface area contributed by atoms with E-state index in [0.29, 0.717) is 5.56 Å². The van der Waals surface area contributed by atoms with Gasteiger partial charge in [0, 0.05) is 29.0 Å². The lowest BCUT2D eigenvalue weighted by Crippen LogP contribution is -2.28. The van der Waals surface area contributed by atoms with E-state index in [0.717, 1.165) is 55.6 Å². The van der Waals surface area contributed by atoms with Crippen LogP contribution >= 0.6 is 0 Å². The molecule has 6 nitrogen and oxygen atoms in total. The molecule has 0 spiro atoms. The number of carbonyl (C=O) groups is 1. The van der Waals surface area contributed by atoms with E-state index in [1.807, 2.05) is 54.7 Å². The Kier molecular flexibility index (Phi) is 3.96. The van der Waals surface area contributed by atoms with E-state index in [1.165, 1.54) is 0 Å². The lowest BCUT2D eigenvalue weighted by atomic mass is 9.98. The summed E-state index contributed by atoms with van der Waals surface area (Å²) in [5.41, 5.74) is 8.69. The van der Waals surface area contributed by atoms with E-state index >= 15 is 0 Å². The maximum absolute atomic E-state index is 13.3. The van der Waals surface area contributed by atoms with Crippen molar-refractivity contribution in [1.82, 2.24) is 25.3 Å². The van der Waals surface area contributed by atoms with Crippen molar-refractivity contribution in [3.63, 3.8) is 0 Å². The van der Waals surface area contributed by atoms with Gasteiger partial charge in [-0.1, -0.05) is 48.5 Å². The van der Waals surface area contributed by atoms with Crippen LogP contribution in [0.5, 0.6) is 0 Å². The standard InChI is InChI=1S/C28H19N5O/c34-28(17-9-8-16-10-13-30-23(16)14-17)33-26-19-5-2-1-4-18(19)25-20(26)6-3-7-21(25)27-31-22-11-12-29-15-24(22)32-27/h1-15,26,30H,(H,31,32)(H,33,34). The number of nitrogens with zero attached hydrogens (tertiary/aromatic N) is 2. The van der Waals surface area contributed by atoms with Crippen LogP contribution in [-0.2, 0) is 0 Å². The smallest absolute Gasteiger partial charge is 0.252 e. The molecule has 0 fully saturated rings. The van der Waals surface area contributed by atoms with Crippen molar-refractivity contribution in [2.24, 2.45) is 0 Å². The number of imidazole rings is 1. The zero-order chi connectivity index (χ0) is 22.6. The predicted molar refractivity (Wildman–Crippen MR) is 132 cm³/mol. The Morgan fingerprint density at radius 3 is 2.71 bits per heavy atom. The van der Waals surface area contributed by atoms with Crippen molar-refractivity contribution in [3.8, 4) is 22.5 Å². The number of H-pyrrole nitrogens is 2. The Hall–Kier alpha value is -4.71. The minimum Gasteiger partial charge on any atom is -0.361 e. The second kappa shape index (κ2) is 7.15. The predicted octanol–water partition coefficient (Wildman–Crippen LogP) is 5.61. The summed E-state index contributed by atoms with van der Waals surface area (Å²) in [6, 6.07) is 23.8. The number of rotatable bonds is 3. The number of hydrogen-bond acceptors (Lipinski definition) is 3. The molecule has 1 unspecified atom stereocenters. The minimum atomic E-state index is -0.246. The lowest BCUT2D eigenvalue weighted by molar-refractivity contribution is 0.0944. The molecule has 1 aliphatic carbocycles. The van der Waals surface area contributed by atoms with Crippen LogP contribution in [0.4, 0.5) is 0 Å². The SMILES string of the molecule is O=C(NC1c2ccccc2-c2c(-c3nc4ccncc4[nH]3)cccc21)c1ccc2cc[nH]c2c1. The summed E-state index contributed by atoms with van der Waals surface area (Å²) in [6.07, 6.45) is 5.41. The van der Waals surface area contributed by atoms with Gasteiger partial charge in [0.2, 0.25) is 0 Å². The van der Waals surface area contributed by atoms with E-state index in [1.54, 1.807) is 12.4 Å². The van der Waals surface area contributed by atoms with E-state index in [2.05, 4.69) is 44.5 Å². The molecule has 3 aromatic heterocycles. The van der Waals surface area contributed by atoms with E-state index in [9.17, 15) is 4.79 Å². The van der Waals surface area contributed by atoms with Crippen LogP contribution in [0.2, 0.25) is 0 Å². The first-order chi connectivity index (χ1) is 16.8. The molecule has 3 aromatic carbocycles. The van der Waals surface area contributed by atoms with Gasteiger partial charge >= 0.3 is 0 Å². The Morgan fingerprint density at radius 1 is 0.882 bits per heavy atom. The number of benzene rings is 3. The Labute approximate surface area is 194 Å². The number of hydrogen-bond donors (Lipinski definition) is 3. The zero-order valence-electron chi connectivity index (χ0n) is 18.0. The van der Waals surface area contributed by atoms with Crippen molar-refractivity contribution in [2.45, 2.75) is 6.04 Å². The first-order valence-corrected chi connectivity index (χ1v) is 11.2. The lowest BCUT2D eigenvalue weighted by Gasteiger charge is -2.16. The summed E-state index contributed by atoms with van der Waals surface area (Å²) in [5.74, 6) is 0.684. The van der Waals surface area contributed by atoms with Crippen LogP contribution < -0.4 is 5.32 Å². The monoisotopic (exact) mass is 441 g/mol. The minimum absolute atomic E-state index is 0.107.